The maximum absolute atomic E-state index is 13.7. The van der Waals surface area contributed by atoms with E-state index in [1.54, 1.807) is 17.4 Å². The van der Waals surface area contributed by atoms with Gasteiger partial charge in [0.05, 0.1) is 22.7 Å². The molecule has 5 nitrogen and oxygen atoms in total. The fourth-order valence-electron chi connectivity index (χ4n) is 4.22. The highest BCUT2D eigenvalue weighted by Crippen LogP contribution is 2.34. The van der Waals surface area contributed by atoms with E-state index in [0.29, 0.717) is 18.2 Å². The zero-order valence-corrected chi connectivity index (χ0v) is 20.8. The number of rotatable bonds is 7. The molecule has 1 aliphatic rings. The monoisotopic (exact) mass is 565 g/mol. The first-order chi connectivity index (χ1) is 15.6. The van der Waals surface area contributed by atoms with E-state index in [0.717, 1.165) is 51.9 Å². The summed E-state index contributed by atoms with van der Waals surface area (Å²) in [5.41, 5.74) is 1.56. The van der Waals surface area contributed by atoms with Crippen molar-refractivity contribution in [2.24, 2.45) is 5.92 Å². The highest BCUT2D eigenvalue weighted by Gasteiger charge is 2.36. The number of likely N-dealkylation sites (tertiary alicyclic amines) is 1. The van der Waals surface area contributed by atoms with E-state index in [1.165, 1.54) is 6.07 Å². The minimum absolute atomic E-state index is 0.00680. The first-order valence-corrected chi connectivity index (χ1v) is 13.0. The molecule has 1 amide bonds. The van der Waals surface area contributed by atoms with Crippen molar-refractivity contribution in [3.05, 3.63) is 65.2 Å². The van der Waals surface area contributed by atoms with Crippen molar-refractivity contribution in [1.82, 2.24) is 14.9 Å². The third-order valence-electron chi connectivity index (χ3n) is 5.70. The molecule has 168 valence electrons. The van der Waals surface area contributed by atoms with Crippen molar-refractivity contribution >= 4 is 39.8 Å². The Morgan fingerprint density at radius 3 is 2.81 bits per heavy atom. The van der Waals surface area contributed by atoms with Gasteiger partial charge in [-0.3, -0.25) is 4.79 Å². The molecule has 1 aliphatic heterocycles. The topological polar surface area (TPSA) is 55.3 Å². The number of nitrogens with zero attached hydrogens (tertiary/aromatic N) is 3. The molecule has 2 atom stereocenters. The van der Waals surface area contributed by atoms with E-state index in [-0.39, 0.29) is 23.7 Å². The van der Waals surface area contributed by atoms with Crippen LogP contribution in [0.2, 0.25) is 0 Å². The number of ether oxygens (including phenoxy) is 1. The maximum atomic E-state index is 13.7. The number of alkyl halides is 1. The van der Waals surface area contributed by atoms with Crippen molar-refractivity contribution in [2.75, 3.05) is 17.6 Å². The number of halogens is 2. The number of hydrogen-bond donors (Lipinski definition) is 0. The molecule has 2 unspecified atom stereocenters. The van der Waals surface area contributed by atoms with Crippen molar-refractivity contribution < 1.29 is 13.9 Å². The van der Waals surface area contributed by atoms with E-state index < -0.39 is 0 Å². The third kappa shape index (κ3) is 5.28. The second-order valence-corrected chi connectivity index (χ2v) is 10.1. The molecule has 0 N–H and O–H groups in total. The highest BCUT2D eigenvalue weighted by molar-refractivity contribution is 14.1. The van der Waals surface area contributed by atoms with Crippen LogP contribution in [0.15, 0.2) is 48.7 Å². The minimum atomic E-state index is -0.387. The second kappa shape index (κ2) is 10.7. The predicted molar refractivity (Wildman–Crippen MR) is 133 cm³/mol. The van der Waals surface area contributed by atoms with Gasteiger partial charge in [0.1, 0.15) is 11.5 Å². The summed E-state index contributed by atoms with van der Waals surface area (Å²) in [6.07, 6.45) is 3.94. The van der Waals surface area contributed by atoms with Crippen LogP contribution in [0.3, 0.4) is 0 Å². The van der Waals surface area contributed by atoms with Crippen LogP contribution >= 0.6 is 33.9 Å². The molecule has 0 radical (unpaired) electrons. The minimum Gasteiger partial charge on any atom is -0.477 e. The molecule has 0 spiro atoms. The molecule has 2 aromatic heterocycles. The van der Waals surface area contributed by atoms with Crippen LogP contribution in [0.25, 0.3) is 10.4 Å². The van der Waals surface area contributed by atoms with Crippen molar-refractivity contribution in [2.45, 2.75) is 32.2 Å². The zero-order chi connectivity index (χ0) is 22.5. The normalized spacial score (nSPS) is 18.5. The Kier molecular flexibility index (Phi) is 7.72. The molecule has 0 aliphatic carbocycles. The molecule has 1 fully saturated rings. The van der Waals surface area contributed by atoms with E-state index in [4.69, 9.17) is 4.74 Å². The molecular weight excluding hydrogens is 540 g/mol. The fraction of sp³-hybridized carbons (Fsp3) is 0.375. The molecule has 8 heteroatoms. The van der Waals surface area contributed by atoms with E-state index in [9.17, 15) is 9.18 Å². The van der Waals surface area contributed by atoms with Crippen LogP contribution in [0.5, 0.6) is 5.88 Å². The number of amides is 1. The van der Waals surface area contributed by atoms with Gasteiger partial charge in [-0.2, -0.15) is 0 Å². The van der Waals surface area contributed by atoms with Gasteiger partial charge in [0, 0.05) is 29.0 Å². The third-order valence-corrected chi connectivity index (χ3v) is 7.35. The largest absolute Gasteiger partial charge is 0.477 e. The van der Waals surface area contributed by atoms with Gasteiger partial charge >= 0.3 is 0 Å². The summed E-state index contributed by atoms with van der Waals surface area (Å²) in [6, 6.07) is 12.9. The number of carbonyl (C=O) groups is 1. The number of benzene rings is 1. The number of pyridine rings is 1. The van der Waals surface area contributed by atoms with Crippen LogP contribution in [0.4, 0.5) is 4.39 Å². The average Bonchev–Trinajstić information content (AvgIpc) is 3.21. The lowest BCUT2D eigenvalue weighted by Crippen LogP contribution is -2.50. The summed E-state index contributed by atoms with van der Waals surface area (Å²) < 4.78 is 20.0. The first-order valence-electron chi connectivity index (χ1n) is 10.7. The van der Waals surface area contributed by atoms with Crippen molar-refractivity contribution in [3.8, 4) is 16.3 Å². The number of aryl methyl sites for hydroxylation is 1. The fourth-order valence-corrected chi connectivity index (χ4v) is 5.77. The lowest BCUT2D eigenvalue weighted by Gasteiger charge is -2.41. The predicted octanol–water partition coefficient (Wildman–Crippen LogP) is 5.78. The SMILES string of the molecule is Cc1nc(C(=O)N2CCCC(COc3ccc(F)cn3)C2CCI)c(-c2ccccc2)s1. The summed E-state index contributed by atoms with van der Waals surface area (Å²) in [6.45, 7) is 3.11. The van der Waals surface area contributed by atoms with E-state index in [2.05, 4.69) is 32.6 Å². The highest BCUT2D eigenvalue weighted by atomic mass is 127. The van der Waals surface area contributed by atoms with Crippen molar-refractivity contribution in [3.63, 3.8) is 0 Å². The Bertz CT molecular complexity index is 1050. The van der Waals surface area contributed by atoms with Gasteiger partial charge in [-0.15, -0.1) is 11.3 Å². The quantitative estimate of drug-likeness (QED) is 0.270. The number of thiazole rings is 1. The first kappa shape index (κ1) is 23.1. The number of piperidine rings is 1. The Hall–Kier alpha value is -2.07. The van der Waals surface area contributed by atoms with Gasteiger partial charge in [0.25, 0.3) is 5.91 Å². The van der Waals surface area contributed by atoms with Crippen LogP contribution in [-0.4, -0.2) is 44.4 Å². The van der Waals surface area contributed by atoms with Gasteiger partial charge in [0.2, 0.25) is 5.88 Å². The van der Waals surface area contributed by atoms with E-state index in [1.807, 2.05) is 42.2 Å². The molecule has 1 aromatic carbocycles. The molecular formula is C24H25FIN3O2S. The lowest BCUT2D eigenvalue weighted by atomic mass is 9.87. The summed E-state index contributed by atoms with van der Waals surface area (Å²) in [4.78, 5) is 25.3. The molecule has 32 heavy (non-hydrogen) atoms. The van der Waals surface area contributed by atoms with Gasteiger partial charge in [-0.25, -0.2) is 14.4 Å². The molecule has 3 aromatic rings. The summed E-state index contributed by atoms with van der Waals surface area (Å²) >= 11 is 3.93. The number of aromatic nitrogens is 2. The van der Waals surface area contributed by atoms with Gasteiger partial charge in [-0.05, 0) is 37.8 Å². The molecule has 0 saturated carbocycles. The average molecular weight is 565 g/mol. The molecule has 1 saturated heterocycles. The van der Waals surface area contributed by atoms with Crippen LogP contribution in [0.1, 0.15) is 34.8 Å². The summed E-state index contributed by atoms with van der Waals surface area (Å²) in [5, 5.41) is 0.886. The second-order valence-electron chi connectivity index (χ2n) is 7.85. The summed E-state index contributed by atoms with van der Waals surface area (Å²) in [7, 11) is 0. The number of hydrogen-bond acceptors (Lipinski definition) is 5. The Balaban J connectivity index is 1.55. The molecule has 0 bridgehead atoms. The van der Waals surface area contributed by atoms with Crippen LogP contribution in [-0.2, 0) is 0 Å². The Morgan fingerprint density at radius 1 is 1.28 bits per heavy atom. The standard InChI is InChI=1S/C24H25FIN3O2S/c1-16-28-22(23(32-16)17-6-3-2-4-7-17)24(30)29-13-5-8-18(20(29)11-12-26)15-31-21-10-9-19(25)14-27-21/h2-4,6-7,9-10,14,18,20H,5,8,11-13,15H2,1H3. The maximum Gasteiger partial charge on any atom is 0.274 e. The van der Waals surface area contributed by atoms with Gasteiger partial charge in [0.15, 0.2) is 0 Å². The van der Waals surface area contributed by atoms with Crippen LogP contribution < -0.4 is 4.74 Å². The molecule has 3 heterocycles. The smallest absolute Gasteiger partial charge is 0.274 e. The van der Waals surface area contributed by atoms with Gasteiger partial charge in [-0.1, -0.05) is 52.9 Å². The van der Waals surface area contributed by atoms with Gasteiger partial charge < -0.3 is 9.64 Å². The molecule has 4 rings (SSSR count). The summed E-state index contributed by atoms with van der Waals surface area (Å²) in [5.74, 6) is 0.203. The van der Waals surface area contributed by atoms with E-state index >= 15 is 0 Å². The number of carbonyl (C=O) groups excluding carboxylic acids is 1. The Labute approximate surface area is 205 Å². The van der Waals surface area contributed by atoms with Crippen LogP contribution in [0, 0.1) is 18.7 Å². The lowest BCUT2D eigenvalue weighted by molar-refractivity contribution is 0.0393. The Morgan fingerprint density at radius 2 is 2.09 bits per heavy atom. The van der Waals surface area contributed by atoms with Crippen molar-refractivity contribution in [1.29, 1.82) is 0 Å². The zero-order valence-electron chi connectivity index (χ0n) is 17.8.